The van der Waals surface area contributed by atoms with E-state index in [-0.39, 0.29) is 29.0 Å². The zero-order valence-electron chi connectivity index (χ0n) is 12.9. The van der Waals surface area contributed by atoms with Crippen molar-refractivity contribution in [2.24, 2.45) is 5.92 Å². The van der Waals surface area contributed by atoms with E-state index in [1.165, 1.54) is 19.5 Å². The number of carbonyl (C=O) groups is 1. The Hall–Kier alpha value is -2.12. The van der Waals surface area contributed by atoms with Crippen molar-refractivity contribution in [1.29, 1.82) is 5.41 Å². The zero-order valence-corrected chi connectivity index (χ0v) is 12.9. The monoisotopic (exact) mass is 328 g/mol. The third-order valence-corrected chi connectivity index (χ3v) is 4.10. The van der Waals surface area contributed by atoms with Crippen molar-refractivity contribution in [3.8, 4) is 0 Å². The Morgan fingerprint density at radius 1 is 1.52 bits per heavy atom. The molecule has 1 aliphatic carbocycles. The Labute approximate surface area is 131 Å². The third kappa shape index (κ3) is 4.20. The fraction of sp³-hybridized carbons (Fsp3) is 0.533. The van der Waals surface area contributed by atoms with Crippen LogP contribution in [0.3, 0.4) is 0 Å². The van der Waals surface area contributed by atoms with Crippen LogP contribution < -0.4 is 5.32 Å². The van der Waals surface area contributed by atoms with E-state index in [1.807, 2.05) is 6.92 Å². The molecule has 126 valence electrons. The number of carbonyl (C=O) groups excluding carboxylic acids is 1. The van der Waals surface area contributed by atoms with E-state index in [0.29, 0.717) is 12.0 Å². The van der Waals surface area contributed by atoms with Crippen LogP contribution in [0, 0.1) is 11.3 Å². The van der Waals surface area contributed by atoms with Crippen molar-refractivity contribution in [3.63, 3.8) is 0 Å². The molecule has 0 saturated heterocycles. The molecule has 0 radical (unpaired) electrons. The summed E-state index contributed by atoms with van der Waals surface area (Å²) in [5.74, 6) is 0.147. The molecule has 1 saturated carbocycles. The number of aromatic nitrogens is 2. The fourth-order valence-corrected chi connectivity index (χ4v) is 2.35. The summed E-state index contributed by atoms with van der Waals surface area (Å²) in [4.78, 5) is 18.7. The van der Waals surface area contributed by atoms with Crippen LogP contribution in [0.4, 0.5) is 13.2 Å². The van der Waals surface area contributed by atoms with Gasteiger partial charge in [-0.05, 0) is 44.3 Å². The molecule has 1 unspecified atom stereocenters. The highest BCUT2D eigenvalue weighted by molar-refractivity contribution is 6.02. The van der Waals surface area contributed by atoms with E-state index in [0.717, 1.165) is 12.8 Å². The first kappa shape index (κ1) is 17.2. The van der Waals surface area contributed by atoms with Gasteiger partial charge in [0.25, 0.3) is 5.91 Å². The third-order valence-electron chi connectivity index (χ3n) is 4.10. The standard InChI is InChI=1S/C15H19F3N4O/c1-8(6-12(19)15(16,17)18)11-7-20-13(22-11)14(23)21-9(2)10-4-3-5-10/h6-7,9-10,19H,3-5H2,1-2H3,(H,20,22)(H,21,23)/b8-6-,19-12?. The molecule has 1 aromatic rings. The first-order chi connectivity index (χ1) is 10.7. The predicted octanol–water partition coefficient (Wildman–Crippen LogP) is 3.31. The largest absolute Gasteiger partial charge is 0.432 e. The lowest BCUT2D eigenvalue weighted by atomic mass is 9.80. The minimum Gasteiger partial charge on any atom is -0.347 e. The fourth-order valence-electron chi connectivity index (χ4n) is 2.35. The Morgan fingerprint density at radius 2 is 2.17 bits per heavy atom. The van der Waals surface area contributed by atoms with Crippen molar-refractivity contribution >= 4 is 17.2 Å². The van der Waals surface area contributed by atoms with Gasteiger partial charge < -0.3 is 10.3 Å². The summed E-state index contributed by atoms with van der Waals surface area (Å²) >= 11 is 0. The topological polar surface area (TPSA) is 81.6 Å². The lowest BCUT2D eigenvalue weighted by Crippen LogP contribution is -2.41. The Morgan fingerprint density at radius 3 is 2.70 bits per heavy atom. The summed E-state index contributed by atoms with van der Waals surface area (Å²) < 4.78 is 37.1. The van der Waals surface area contributed by atoms with Gasteiger partial charge in [-0.25, -0.2) is 4.98 Å². The van der Waals surface area contributed by atoms with Gasteiger partial charge in [0.1, 0.15) is 5.71 Å². The summed E-state index contributed by atoms with van der Waals surface area (Å²) in [7, 11) is 0. The van der Waals surface area contributed by atoms with Gasteiger partial charge in [-0.2, -0.15) is 13.2 Å². The van der Waals surface area contributed by atoms with E-state index in [9.17, 15) is 18.0 Å². The van der Waals surface area contributed by atoms with Crippen LogP contribution in [0.25, 0.3) is 5.57 Å². The number of hydrogen-bond donors (Lipinski definition) is 3. The average Bonchev–Trinajstić information content (AvgIpc) is 2.84. The summed E-state index contributed by atoms with van der Waals surface area (Å²) in [6, 6.07) is 0.0415. The number of amides is 1. The highest BCUT2D eigenvalue weighted by Gasteiger charge is 2.32. The van der Waals surface area contributed by atoms with Crippen LogP contribution in [0.5, 0.6) is 0 Å². The maximum absolute atomic E-state index is 12.4. The van der Waals surface area contributed by atoms with Gasteiger partial charge in [-0.1, -0.05) is 6.42 Å². The Bertz CT molecular complexity index is 629. The van der Waals surface area contributed by atoms with E-state index >= 15 is 0 Å². The van der Waals surface area contributed by atoms with E-state index in [2.05, 4.69) is 15.3 Å². The zero-order chi connectivity index (χ0) is 17.2. The molecule has 23 heavy (non-hydrogen) atoms. The predicted molar refractivity (Wildman–Crippen MR) is 80.3 cm³/mol. The van der Waals surface area contributed by atoms with Crippen LogP contribution in [0.2, 0.25) is 0 Å². The van der Waals surface area contributed by atoms with Crippen LogP contribution in [0.15, 0.2) is 12.3 Å². The molecule has 0 bridgehead atoms. The molecule has 5 nitrogen and oxygen atoms in total. The number of hydrogen-bond acceptors (Lipinski definition) is 3. The average molecular weight is 328 g/mol. The molecule has 0 aliphatic heterocycles. The molecule has 8 heteroatoms. The van der Waals surface area contributed by atoms with Crippen molar-refractivity contribution in [3.05, 3.63) is 23.8 Å². The van der Waals surface area contributed by atoms with Gasteiger partial charge in [0.15, 0.2) is 5.82 Å². The second-order valence-electron chi connectivity index (χ2n) is 5.84. The van der Waals surface area contributed by atoms with Crippen LogP contribution in [0.1, 0.15) is 49.4 Å². The number of alkyl halides is 3. The maximum Gasteiger partial charge on any atom is 0.432 e. The Kier molecular flexibility index (Phi) is 4.91. The van der Waals surface area contributed by atoms with Crippen molar-refractivity contribution in [2.45, 2.75) is 45.3 Å². The van der Waals surface area contributed by atoms with Gasteiger partial charge in [0.2, 0.25) is 0 Å². The van der Waals surface area contributed by atoms with E-state index in [4.69, 9.17) is 5.41 Å². The molecular weight excluding hydrogens is 309 g/mol. The first-order valence-corrected chi connectivity index (χ1v) is 7.38. The van der Waals surface area contributed by atoms with E-state index < -0.39 is 11.9 Å². The summed E-state index contributed by atoms with van der Waals surface area (Å²) in [6.45, 7) is 3.36. The van der Waals surface area contributed by atoms with Gasteiger partial charge in [0, 0.05) is 6.04 Å². The summed E-state index contributed by atoms with van der Waals surface area (Å²) in [5.41, 5.74) is -0.986. The molecule has 1 aliphatic rings. The molecule has 0 aromatic carbocycles. The Balaban J connectivity index is 2.03. The molecule has 1 atom stereocenters. The maximum atomic E-state index is 12.4. The molecule has 1 heterocycles. The van der Waals surface area contributed by atoms with E-state index in [1.54, 1.807) is 0 Å². The highest BCUT2D eigenvalue weighted by atomic mass is 19.4. The highest BCUT2D eigenvalue weighted by Crippen LogP contribution is 2.29. The lowest BCUT2D eigenvalue weighted by Gasteiger charge is -2.31. The lowest BCUT2D eigenvalue weighted by molar-refractivity contribution is -0.0583. The number of nitrogens with one attached hydrogen (secondary N) is 3. The number of aromatic amines is 1. The number of H-pyrrole nitrogens is 1. The molecule has 1 aromatic heterocycles. The number of nitrogens with zero attached hydrogens (tertiary/aromatic N) is 1. The first-order valence-electron chi connectivity index (χ1n) is 7.38. The molecule has 2 rings (SSSR count). The number of allylic oxidation sites excluding steroid dienone is 2. The minimum atomic E-state index is -4.69. The van der Waals surface area contributed by atoms with Crippen molar-refractivity contribution < 1.29 is 18.0 Å². The number of rotatable bonds is 5. The molecule has 3 N–H and O–H groups in total. The van der Waals surface area contributed by atoms with Crippen molar-refractivity contribution in [2.75, 3.05) is 0 Å². The summed E-state index contributed by atoms with van der Waals surface area (Å²) in [6.07, 6.45) is 0.647. The van der Waals surface area contributed by atoms with Crippen LogP contribution >= 0.6 is 0 Å². The van der Waals surface area contributed by atoms with Gasteiger partial charge in [-0.15, -0.1) is 0 Å². The summed E-state index contributed by atoms with van der Waals surface area (Å²) in [5, 5.41) is 9.80. The number of imidazole rings is 1. The quantitative estimate of drug-likeness (QED) is 0.725. The molecule has 1 amide bonds. The SMILES string of the molecule is C/C(=C/C(=N)C(F)(F)F)c1cnc(C(=O)NC(C)C2CCC2)[nH]1. The molecule has 0 spiro atoms. The van der Waals surface area contributed by atoms with Gasteiger partial charge in [-0.3, -0.25) is 10.2 Å². The number of halogens is 3. The molecular formula is C15H19F3N4O. The normalized spacial score (nSPS) is 17.5. The minimum absolute atomic E-state index is 0.0415. The van der Waals surface area contributed by atoms with Gasteiger partial charge in [0.05, 0.1) is 11.9 Å². The van der Waals surface area contributed by atoms with Gasteiger partial charge >= 0.3 is 6.18 Å². The second-order valence-corrected chi connectivity index (χ2v) is 5.84. The second kappa shape index (κ2) is 6.55. The molecule has 1 fully saturated rings. The van der Waals surface area contributed by atoms with Crippen molar-refractivity contribution in [1.82, 2.24) is 15.3 Å². The smallest absolute Gasteiger partial charge is 0.347 e. The van der Waals surface area contributed by atoms with Crippen LogP contribution in [-0.2, 0) is 0 Å². The van der Waals surface area contributed by atoms with Crippen LogP contribution in [-0.4, -0.2) is 33.8 Å².